The minimum absolute atomic E-state index is 0.0700. The smallest absolute Gasteiger partial charge is 0.263 e. The molecule has 1 atom stereocenters. The molecule has 1 aliphatic rings. The molecular formula is C16H17N7OS. The summed E-state index contributed by atoms with van der Waals surface area (Å²) in [5, 5.41) is 7.23. The Morgan fingerprint density at radius 2 is 2.32 bits per heavy atom. The van der Waals surface area contributed by atoms with Gasteiger partial charge in [-0.25, -0.2) is 9.97 Å². The highest BCUT2D eigenvalue weighted by Crippen LogP contribution is 2.21. The Hall–Kier alpha value is -2.81. The van der Waals surface area contributed by atoms with Crippen molar-refractivity contribution in [3.05, 3.63) is 41.2 Å². The van der Waals surface area contributed by atoms with Gasteiger partial charge >= 0.3 is 0 Å². The molecule has 3 aromatic rings. The van der Waals surface area contributed by atoms with E-state index in [0.29, 0.717) is 17.4 Å². The van der Waals surface area contributed by atoms with Gasteiger partial charge in [-0.2, -0.15) is 5.10 Å². The van der Waals surface area contributed by atoms with Gasteiger partial charge in [-0.15, -0.1) is 11.3 Å². The van der Waals surface area contributed by atoms with E-state index >= 15 is 0 Å². The fourth-order valence-corrected chi connectivity index (χ4v) is 3.38. The SMILES string of the molecule is Cn1cc(-c2ccnc(N3CCC(NC(=O)c4cncs4)C3)n2)cn1. The monoisotopic (exact) mass is 355 g/mol. The van der Waals surface area contributed by atoms with E-state index in [-0.39, 0.29) is 11.9 Å². The van der Waals surface area contributed by atoms with Crippen molar-refractivity contribution in [2.75, 3.05) is 18.0 Å². The number of anilines is 1. The van der Waals surface area contributed by atoms with Crippen LogP contribution in [0.1, 0.15) is 16.1 Å². The predicted octanol–water partition coefficient (Wildman–Crippen LogP) is 1.34. The molecule has 4 rings (SSSR count). The third kappa shape index (κ3) is 3.36. The number of aromatic nitrogens is 5. The highest BCUT2D eigenvalue weighted by Gasteiger charge is 2.26. The van der Waals surface area contributed by atoms with Crippen LogP contribution < -0.4 is 10.2 Å². The van der Waals surface area contributed by atoms with Crippen LogP contribution in [0.5, 0.6) is 0 Å². The molecule has 0 bridgehead atoms. The Labute approximate surface area is 148 Å². The largest absolute Gasteiger partial charge is 0.347 e. The number of thiazole rings is 1. The molecule has 9 heteroatoms. The van der Waals surface area contributed by atoms with Gasteiger partial charge in [0.05, 0.1) is 23.6 Å². The zero-order valence-electron chi connectivity index (χ0n) is 13.7. The number of nitrogens with zero attached hydrogens (tertiary/aromatic N) is 6. The van der Waals surface area contributed by atoms with Gasteiger partial charge in [-0.3, -0.25) is 14.5 Å². The normalized spacial score (nSPS) is 17.0. The van der Waals surface area contributed by atoms with Crippen LogP contribution in [0.4, 0.5) is 5.95 Å². The van der Waals surface area contributed by atoms with Crippen molar-refractivity contribution in [3.8, 4) is 11.3 Å². The highest BCUT2D eigenvalue weighted by molar-refractivity contribution is 7.11. The zero-order valence-corrected chi connectivity index (χ0v) is 14.5. The van der Waals surface area contributed by atoms with E-state index in [1.165, 1.54) is 11.3 Å². The van der Waals surface area contributed by atoms with Crippen molar-refractivity contribution < 1.29 is 4.79 Å². The third-order valence-corrected chi connectivity index (χ3v) is 4.88. The van der Waals surface area contributed by atoms with E-state index < -0.39 is 0 Å². The van der Waals surface area contributed by atoms with Crippen LogP contribution in [-0.2, 0) is 7.05 Å². The molecule has 0 spiro atoms. The summed E-state index contributed by atoms with van der Waals surface area (Å²) in [6.07, 6.45) is 7.93. The maximum atomic E-state index is 12.1. The maximum absolute atomic E-state index is 12.1. The van der Waals surface area contributed by atoms with Crippen molar-refractivity contribution >= 4 is 23.2 Å². The average molecular weight is 355 g/mol. The molecule has 8 nitrogen and oxygen atoms in total. The second kappa shape index (κ2) is 6.60. The van der Waals surface area contributed by atoms with E-state index in [9.17, 15) is 4.79 Å². The Morgan fingerprint density at radius 1 is 1.40 bits per heavy atom. The van der Waals surface area contributed by atoms with Gasteiger partial charge in [-0.05, 0) is 12.5 Å². The molecule has 1 saturated heterocycles. The number of amides is 1. The second-order valence-corrected chi connectivity index (χ2v) is 6.80. The van der Waals surface area contributed by atoms with Gasteiger partial charge in [0.2, 0.25) is 5.95 Å². The average Bonchev–Trinajstić information content (AvgIpc) is 3.36. The number of aryl methyl sites for hydroxylation is 1. The Morgan fingerprint density at radius 3 is 3.08 bits per heavy atom. The van der Waals surface area contributed by atoms with Gasteiger partial charge in [0.15, 0.2) is 0 Å². The lowest BCUT2D eigenvalue weighted by atomic mass is 10.2. The van der Waals surface area contributed by atoms with Crippen LogP contribution in [0.15, 0.2) is 36.4 Å². The van der Waals surface area contributed by atoms with Crippen molar-refractivity contribution in [3.63, 3.8) is 0 Å². The van der Waals surface area contributed by atoms with Crippen LogP contribution in [0, 0.1) is 0 Å². The number of carbonyl (C=O) groups is 1. The summed E-state index contributed by atoms with van der Waals surface area (Å²) < 4.78 is 1.75. The molecule has 0 aromatic carbocycles. The first-order valence-corrected chi connectivity index (χ1v) is 8.83. The van der Waals surface area contributed by atoms with E-state index in [4.69, 9.17) is 0 Å². The molecule has 4 heterocycles. The molecule has 1 aliphatic heterocycles. The first kappa shape index (κ1) is 15.7. The summed E-state index contributed by atoms with van der Waals surface area (Å²) in [5.41, 5.74) is 3.46. The predicted molar refractivity (Wildman–Crippen MR) is 94.4 cm³/mol. The maximum Gasteiger partial charge on any atom is 0.263 e. The number of hydrogen-bond acceptors (Lipinski definition) is 7. The van der Waals surface area contributed by atoms with Crippen molar-refractivity contribution in [1.29, 1.82) is 0 Å². The van der Waals surface area contributed by atoms with Crippen molar-refractivity contribution in [2.45, 2.75) is 12.5 Å². The van der Waals surface area contributed by atoms with Crippen LogP contribution in [-0.4, -0.2) is 49.8 Å². The number of hydrogen-bond donors (Lipinski definition) is 1. The van der Waals surface area contributed by atoms with Crippen LogP contribution in [0.3, 0.4) is 0 Å². The first-order chi connectivity index (χ1) is 12.2. The van der Waals surface area contributed by atoms with Gasteiger partial charge in [0.1, 0.15) is 4.88 Å². The summed E-state index contributed by atoms with van der Waals surface area (Å²) in [4.78, 5) is 27.8. The Kier molecular flexibility index (Phi) is 4.14. The van der Waals surface area contributed by atoms with Crippen LogP contribution >= 0.6 is 11.3 Å². The lowest BCUT2D eigenvalue weighted by molar-refractivity contribution is 0.0944. The van der Waals surface area contributed by atoms with E-state index in [0.717, 1.165) is 24.2 Å². The van der Waals surface area contributed by atoms with Gasteiger partial charge in [0.25, 0.3) is 5.91 Å². The molecule has 0 aliphatic carbocycles. The minimum atomic E-state index is -0.0700. The Balaban J connectivity index is 1.44. The number of nitrogens with one attached hydrogen (secondary N) is 1. The van der Waals surface area contributed by atoms with Crippen molar-refractivity contribution in [2.24, 2.45) is 7.05 Å². The Bertz CT molecular complexity index is 876. The lowest BCUT2D eigenvalue weighted by Crippen LogP contribution is -2.37. The quantitative estimate of drug-likeness (QED) is 0.760. The summed E-state index contributed by atoms with van der Waals surface area (Å²) in [7, 11) is 1.88. The molecule has 1 amide bonds. The van der Waals surface area contributed by atoms with E-state index in [1.807, 2.05) is 19.3 Å². The van der Waals surface area contributed by atoms with Crippen molar-refractivity contribution in [1.82, 2.24) is 30.0 Å². The van der Waals surface area contributed by atoms with Crippen LogP contribution in [0.25, 0.3) is 11.3 Å². The first-order valence-electron chi connectivity index (χ1n) is 7.95. The van der Waals surface area contributed by atoms with E-state index in [1.54, 1.807) is 28.8 Å². The standard InChI is InChI=1S/C16H17N7OS/c1-22-8-11(6-19-22)13-2-4-18-16(21-13)23-5-3-12(9-23)20-15(24)14-7-17-10-25-14/h2,4,6-8,10,12H,3,5,9H2,1H3,(H,20,24). The summed E-state index contributed by atoms with van der Waals surface area (Å²) in [6.45, 7) is 1.51. The molecular weight excluding hydrogens is 338 g/mol. The fourth-order valence-electron chi connectivity index (χ4n) is 2.86. The number of rotatable bonds is 4. The molecule has 1 fully saturated rings. The van der Waals surface area contributed by atoms with Gasteiger partial charge in [-0.1, -0.05) is 0 Å². The third-order valence-electron chi connectivity index (χ3n) is 4.11. The highest BCUT2D eigenvalue weighted by atomic mass is 32.1. The molecule has 1 unspecified atom stereocenters. The molecule has 0 radical (unpaired) electrons. The molecule has 1 N–H and O–H groups in total. The number of carbonyl (C=O) groups excluding carboxylic acids is 1. The molecule has 0 saturated carbocycles. The minimum Gasteiger partial charge on any atom is -0.347 e. The zero-order chi connectivity index (χ0) is 17.2. The molecule has 25 heavy (non-hydrogen) atoms. The molecule has 128 valence electrons. The summed E-state index contributed by atoms with van der Waals surface area (Å²) >= 11 is 1.34. The van der Waals surface area contributed by atoms with E-state index in [2.05, 4.69) is 30.3 Å². The summed E-state index contributed by atoms with van der Waals surface area (Å²) in [6, 6.07) is 1.96. The topological polar surface area (TPSA) is 88.8 Å². The summed E-state index contributed by atoms with van der Waals surface area (Å²) in [5.74, 6) is 0.607. The second-order valence-electron chi connectivity index (χ2n) is 5.92. The van der Waals surface area contributed by atoms with Gasteiger partial charge < -0.3 is 10.2 Å². The fraction of sp³-hybridized carbons (Fsp3) is 0.312. The van der Waals surface area contributed by atoms with Gasteiger partial charge in [0, 0.05) is 44.1 Å². The molecule has 3 aromatic heterocycles. The lowest BCUT2D eigenvalue weighted by Gasteiger charge is -2.17. The van der Waals surface area contributed by atoms with Crippen LogP contribution in [0.2, 0.25) is 0 Å².